The van der Waals surface area contributed by atoms with E-state index in [2.05, 4.69) is 20.4 Å². The molecule has 0 aliphatic carbocycles. The highest BCUT2D eigenvalue weighted by Gasteiger charge is 2.16. The highest BCUT2D eigenvalue weighted by atomic mass is 16.2. The van der Waals surface area contributed by atoms with E-state index in [1.165, 1.54) is 18.0 Å². The lowest BCUT2D eigenvalue weighted by Gasteiger charge is -2.23. The molecule has 0 aromatic carbocycles. The zero-order valence-corrected chi connectivity index (χ0v) is 15.4. The Morgan fingerprint density at radius 3 is 2.42 bits per heavy atom. The van der Waals surface area contributed by atoms with Crippen LogP contribution < -0.4 is 0 Å². The number of fused-ring (bicyclic) bond motifs is 1. The third-order valence-electron chi connectivity index (χ3n) is 4.09. The summed E-state index contributed by atoms with van der Waals surface area (Å²) in [6.45, 7) is 2.43. The largest absolute Gasteiger partial charge is 0.344 e. The highest BCUT2D eigenvalue weighted by molar-refractivity contribution is 5.96. The number of carbonyl (C=O) groups is 3. The first-order valence-electron chi connectivity index (χ1n) is 8.17. The molecule has 0 aliphatic rings. The van der Waals surface area contributed by atoms with Crippen LogP contribution in [0.2, 0.25) is 0 Å². The minimum absolute atomic E-state index is 0.0456. The molecule has 0 radical (unpaired) electrons. The number of carbonyl (C=O) groups excluding carboxylic acids is 3. The Hall–Kier alpha value is -3.04. The minimum atomic E-state index is -0.173. The summed E-state index contributed by atoms with van der Waals surface area (Å²) in [6, 6.07) is 1.64. The molecule has 10 nitrogen and oxygen atoms in total. The van der Waals surface area contributed by atoms with Crippen LogP contribution in [0.1, 0.15) is 23.7 Å². The fourth-order valence-electron chi connectivity index (χ4n) is 2.28. The van der Waals surface area contributed by atoms with Gasteiger partial charge < -0.3 is 14.7 Å². The van der Waals surface area contributed by atoms with Crippen molar-refractivity contribution in [3.05, 3.63) is 17.8 Å². The Kier molecular flexibility index (Phi) is 6.21. The standard InChI is InChI=1S/C16H23N7O3/c1-11(24)23(4)10-14(25)21(2)6-5-7-22(3)16(26)12-8-13-15(17-9-12)19-20-18-13/h8-9H,5-7,10H2,1-4H3,(H,17,18,19,20). The van der Waals surface area contributed by atoms with Gasteiger partial charge in [-0.2, -0.15) is 10.3 Å². The number of nitrogens with zero attached hydrogens (tertiary/aromatic N) is 6. The summed E-state index contributed by atoms with van der Waals surface area (Å²) in [6.07, 6.45) is 2.09. The minimum Gasteiger partial charge on any atom is -0.344 e. The quantitative estimate of drug-likeness (QED) is 0.727. The number of pyridine rings is 1. The van der Waals surface area contributed by atoms with Crippen molar-refractivity contribution in [2.24, 2.45) is 0 Å². The average molecular weight is 361 g/mol. The SMILES string of the molecule is CC(=O)N(C)CC(=O)N(C)CCCN(C)C(=O)c1cnc2n[nH]nc2c1. The van der Waals surface area contributed by atoms with Crippen molar-refractivity contribution in [3.63, 3.8) is 0 Å². The monoisotopic (exact) mass is 361 g/mol. The van der Waals surface area contributed by atoms with E-state index in [0.29, 0.717) is 36.2 Å². The van der Waals surface area contributed by atoms with E-state index in [4.69, 9.17) is 0 Å². The maximum atomic E-state index is 12.4. The molecule has 2 aromatic rings. The Balaban J connectivity index is 1.82. The summed E-state index contributed by atoms with van der Waals surface area (Å²) in [5, 5.41) is 10.2. The van der Waals surface area contributed by atoms with Gasteiger partial charge in [0.1, 0.15) is 5.52 Å². The van der Waals surface area contributed by atoms with Crippen molar-refractivity contribution in [3.8, 4) is 0 Å². The molecule has 26 heavy (non-hydrogen) atoms. The van der Waals surface area contributed by atoms with Crippen LogP contribution in [0.25, 0.3) is 11.2 Å². The lowest BCUT2D eigenvalue weighted by Crippen LogP contribution is -2.39. The average Bonchev–Trinajstić information content (AvgIpc) is 3.08. The van der Waals surface area contributed by atoms with Crippen LogP contribution in [0.15, 0.2) is 12.3 Å². The number of nitrogens with one attached hydrogen (secondary N) is 1. The topological polar surface area (TPSA) is 115 Å². The first-order valence-corrected chi connectivity index (χ1v) is 8.17. The summed E-state index contributed by atoms with van der Waals surface area (Å²) >= 11 is 0. The summed E-state index contributed by atoms with van der Waals surface area (Å²) in [7, 11) is 4.96. The van der Waals surface area contributed by atoms with Crippen LogP contribution in [0, 0.1) is 0 Å². The Labute approximate surface area is 151 Å². The number of hydrogen-bond donors (Lipinski definition) is 1. The molecule has 0 atom stereocenters. The van der Waals surface area contributed by atoms with E-state index in [9.17, 15) is 14.4 Å². The van der Waals surface area contributed by atoms with Gasteiger partial charge in [0, 0.05) is 47.4 Å². The Morgan fingerprint density at radius 1 is 1.04 bits per heavy atom. The first-order chi connectivity index (χ1) is 12.3. The summed E-state index contributed by atoms with van der Waals surface area (Å²) < 4.78 is 0. The van der Waals surface area contributed by atoms with Gasteiger partial charge in [-0.25, -0.2) is 4.98 Å². The van der Waals surface area contributed by atoms with E-state index in [-0.39, 0.29) is 24.3 Å². The molecule has 0 spiro atoms. The molecular weight excluding hydrogens is 338 g/mol. The lowest BCUT2D eigenvalue weighted by molar-refractivity contribution is -0.137. The molecule has 0 bridgehead atoms. The highest BCUT2D eigenvalue weighted by Crippen LogP contribution is 2.09. The van der Waals surface area contributed by atoms with Crippen molar-refractivity contribution < 1.29 is 14.4 Å². The van der Waals surface area contributed by atoms with Gasteiger partial charge in [0.25, 0.3) is 5.91 Å². The van der Waals surface area contributed by atoms with Crippen molar-refractivity contribution in [2.75, 3.05) is 40.8 Å². The Morgan fingerprint density at radius 2 is 1.73 bits per heavy atom. The molecule has 0 aliphatic heterocycles. The second-order valence-corrected chi connectivity index (χ2v) is 6.16. The van der Waals surface area contributed by atoms with Crippen molar-refractivity contribution >= 4 is 28.9 Å². The maximum absolute atomic E-state index is 12.4. The number of aromatic amines is 1. The summed E-state index contributed by atoms with van der Waals surface area (Å²) in [4.78, 5) is 44.2. The van der Waals surface area contributed by atoms with Gasteiger partial charge in [-0.3, -0.25) is 14.4 Å². The van der Waals surface area contributed by atoms with Crippen LogP contribution in [0.5, 0.6) is 0 Å². The molecule has 0 fully saturated rings. The Bertz CT molecular complexity index is 804. The van der Waals surface area contributed by atoms with E-state index in [0.717, 1.165) is 0 Å². The molecule has 2 heterocycles. The van der Waals surface area contributed by atoms with E-state index < -0.39 is 0 Å². The molecule has 0 saturated carbocycles. The molecule has 1 N–H and O–H groups in total. The molecule has 0 saturated heterocycles. The van der Waals surface area contributed by atoms with Gasteiger partial charge >= 0.3 is 0 Å². The van der Waals surface area contributed by atoms with Crippen LogP contribution in [0.3, 0.4) is 0 Å². The maximum Gasteiger partial charge on any atom is 0.255 e. The molecule has 2 rings (SSSR count). The third-order valence-corrected chi connectivity index (χ3v) is 4.09. The summed E-state index contributed by atoms with van der Waals surface area (Å²) in [5.41, 5.74) is 1.42. The van der Waals surface area contributed by atoms with Gasteiger partial charge in [0.2, 0.25) is 17.5 Å². The van der Waals surface area contributed by atoms with Crippen LogP contribution in [-0.4, -0.2) is 93.6 Å². The number of H-pyrrole nitrogens is 1. The van der Waals surface area contributed by atoms with Crippen LogP contribution in [0.4, 0.5) is 0 Å². The smallest absolute Gasteiger partial charge is 0.255 e. The number of hydrogen-bond acceptors (Lipinski definition) is 6. The van der Waals surface area contributed by atoms with Gasteiger partial charge in [-0.1, -0.05) is 0 Å². The van der Waals surface area contributed by atoms with Gasteiger partial charge in [0.05, 0.1) is 12.1 Å². The van der Waals surface area contributed by atoms with Gasteiger partial charge in [-0.15, -0.1) is 5.10 Å². The van der Waals surface area contributed by atoms with Crippen LogP contribution in [-0.2, 0) is 9.59 Å². The summed E-state index contributed by atoms with van der Waals surface area (Å²) in [5.74, 6) is -0.472. The van der Waals surface area contributed by atoms with E-state index in [1.807, 2.05) is 0 Å². The molecule has 2 aromatic heterocycles. The normalized spacial score (nSPS) is 10.6. The fraction of sp³-hybridized carbons (Fsp3) is 0.500. The van der Waals surface area contributed by atoms with Crippen molar-refractivity contribution in [2.45, 2.75) is 13.3 Å². The van der Waals surface area contributed by atoms with E-state index in [1.54, 1.807) is 37.0 Å². The fourth-order valence-corrected chi connectivity index (χ4v) is 2.28. The molecule has 10 heteroatoms. The predicted molar refractivity (Wildman–Crippen MR) is 94.2 cm³/mol. The predicted octanol–water partition coefficient (Wildman–Crippen LogP) is -0.248. The second-order valence-electron chi connectivity index (χ2n) is 6.16. The van der Waals surface area contributed by atoms with Crippen molar-refractivity contribution in [1.82, 2.24) is 35.1 Å². The molecule has 3 amide bonds. The number of aromatic nitrogens is 4. The lowest BCUT2D eigenvalue weighted by atomic mass is 10.2. The molecule has 140 valence electrons. The zero-order chi connectivity index (χ0) is 19.3. The number of likely N-dealkylation sites (N-methyl/N-ethyl adjacent to an activating group) is 2. The molecular formula is C16H23N7O3. The van der Waals surface area contributed by atoms with E-state index >= 15 is 0 Å². The number of amides is 3. The third kappa shape index (κ3) is 4.74. The zero-order valence-electron chi connectivity index (χ0n) is 15.4. The van der Waals surface area contributed by atoms with Gasteiger partial charge in [0.15, 0.2) is 0 Å². The van der Waals surface area contributed by atoms with Gasteiger partial charge in [-0.05, 0) is 12.5 Å². The first kappa shape index (κ1) is 19.3. The molecule has 0 unspecified atom stereocenters. The van der Waals surface area contributed by atoms with Crippen LogP contribution >= 0.6 is 0 Å². The second kappa shape index (κ2) is 8.37. The number of rotatable bonds is 7. The van der Waals surface area contributed by atoms with Crippen molar-refractivity contribution in [1.29, 1.82) is 0 Å².